The van der Waals surface area contributed by atoms with E-state index in [0.717, 1.165) is 45.8 Å². The van der Waals surface area contributed by atoms with Gasteiger partial charge in [-0.15, -0.1) is 32.9 Å². The minimum absolute atomic E-state index is 0.120. The van der Waals surface area contributed by atoms with Gasteiger partial charge in [0.2, 0.25) is 5.91 Å². The Morgan fingerprint density at radius 2 is 2.00 bits per heavy atom. The molecule has 0 saturated heterocycles. The van der Waals surface area contributed by atoms with Gasteiger partial charge in [0.15, 0.2) is 15.9 Å². The smallest absolute Gasteiger partial charge is 0.236 e. The van der Waals surface area contributed by atoms with Gasteiger partial charge >= 0.3 is 0 Å². The number of thiazole rings is 1. The lowest BCUT2D eigenvalue weighted by Crippen LogP contribution is -2.14. The van der Waals surface area contributed by atoms with Gasteiger partial charge in [-0.2, -0.15) is 0 Å². The number of aromatic nitrogens is 5. The van der Waals surface area contributed by atoms with Crippen molar-refractivity contribution in [1.82, 2.24) is 24.6 Å². The second kappa shape index (κ2) is 8.51. The van der Waals surface area contributed by atoms with Crippen LogP contribution in [0.1, 0.15) is 29.1 Å². The summed E-state index contributed by atoms with van der Waals surface area (Å²) in [5.74, 6) is 0.946. The van der Waals surface area contributed by atoms with Crippen LogP contribution in [0.3, 0.4) is 0 Å². The third-order valence-corrected chi connectivity index (χ3v) is 8.62. The molecule has 4 heterocycles. The molecule has 0 aliphatic heterocycles. The molecule has 0 fully saturated rings. The second-order valence-corrected chi connectivity index (χ2v) is 10.8. The number of benzene rings is 1. The second-order valence-electron chi connectivity index (χ2n) is 7.93. The van der Waals surface area contributed by atoms with E-state index in [1.807, 2.05) is 47.0 Å². The molecule has 1 aromatic carbocycles. The number of nitrogens with one attached hydrogen (secondary N) is 1. The fourth-order valence-electron chi connectivity index (χ4n) is 4.23. The maximum atomic E-state index is 12.6. The molecular weight excluding hydrogens is 472 g/mol. The van der Waals surface area contributed by atoms with Crippen LogP contribution in [0.15, 0.2) is 40.9 Å². The van der Waals surface area contributed by atoms with Crippen molar-refractivity contribution in [2.24, 2.45) is 0 Å². The van der Waals surface area contributed by atoms with Gasteiger partial charge in [-0.1, -0.05) is 42.1 Å². The molecule has 166 valence electrons. The van der Waals surface area contributed by atoms with Crippen molar-refractivity contribution < 1.29 is 4.79 Å². The van der Waals surface area contributed by atoms with Crippen molar-refractivity contribution in [3.05, 3.63) is 52.0 Å². The van der Waals surface area contributed by atoms with Gasteiger partial charge in [-0.05, 0) is 38.2 Å². The van der Waals surface area contributed by atoms with Gasteiger partial charge in [-0.25, -0.2) is 9.97 Å². The van der Waals surface area contributed by atoms with Crippen molar-refractivity contribution in [2.75, 3.05) is 11.1 Å². The number of amides is 1. The van der Waals surface area contributed by atoms with E-state index in [0.29, 0.717) is 10.3 Å². The number of nitrogens with zero attached hydrogens (tertiary/aromatic N) is 5. The summed E-state index contributed by atoms with van der Waals surface area (Å²) in [6.07, 6.45) is 4.65. The normalized spacial score (nSPS) is 13.5. The molecule has 1 N–H and O–H groups in total. The van der Waals surface area contributed by atoms with Gasteiger partial charge in [0.05, 0.1) is 16.8 Å². The van der Waals surface area contributed by atoms with E-state index < -0.39 is 0 Å². The van der Waals surface area contributed by atoms with Crippen LogP contribution in [0.4, 0.5) is 5.13 Å². The van der Waals surface area contributed by atoms with Crippen LogP contribution < -0.4 is 5.32 Å². The molecule has 5 aromatic rings. The van der Waals surface area contributed by atoms with Crippen LogP contribution in [-0.4, -0.2) is 36.2 Å². The van der Waals surface area contributed by atoms with E-state index >= 15 is 0 Å². The largest absolute Gasteiger partial charge is 0.301 e. The molecule has 1 aliphatic carbocycles. The summed E-state index contributed by atoms with van der Waals surface area (Å²) < 4.78 is 1.98. The minimum atomic E-state index is -0.120. The SMILES string of the molecule is Cc1nc2sc3c(c2c2nnc(SCC(=O)Nc4nc(-c5ccccc5)cs4)n12)CCCC3. The summed E-state index contributed by atoms with van der Waals surface area (Å²) in [5.41, 5.74) is 4.13. The number of carbonyl (C=O) groups excluding carboxylic acids is 1. The summed E-state index contributed by atoms with van der Waals surface area (Å²) in [6, 6.07) is 9.93. The van der Waals surface area contributed by atoms with E-state index in [2.05, 4.69) is 20.5 Å². The highest BCUT2D eigenvalue weighted by molar-refractivity contribution is 7.99. The molecule has 10 heteroatoms. The first-order valence-electron chi connectivity index (χ1n) is 10.8. The average Bonchev–Trinajstić information content (AvgIpc) is 3.55. The number of hydrogen-bond donors (Lipinski definition) is 1. The van der Waals surface area contributed by atoms with Gasteiger partial charge < -0.3 is 5.32 Å². The van der Waals surface area contributed by atoms with E-state index in [-0.39, 0.29) is 11.7 Å². The first kappa shape index (κ1) is 20.8. The molecule has 6 rings (SSSR count). The van der Waals surface area contributed by atoms with Crippen molar-refractivity contribution in [3.8, 4) is 11.3 Å². The zero-order chi connectivity index (χ0) is 22.4. The van der Waals surface area contributed by atoms with Crippen LogP contribution in [-0.2, 0) is 17.6 Å². The number of anilines is 1. The fraction of sp³-hybridized carbons (Fsp3) is 0.261. The molecule has 0 radical (unpaired) electrons. The first-order chi connectivity index (χ1) is 16.2. The van der Waals surface area contributed by atoms with E-state index in [1.54, 1.807) is 11.3 Å². The Bertz CT molecular complexity index is 1490. The average molecular weight is 493 g/mol. The third-order valence-electron chi connectivity index (χ3n) is 5.75. The van der Waals surface area contributed by atoms with Crippen molar-refractivity contribution in [1.29, 1.82) is 0 Å². The predicted octanol–water partition coefficient (Wildman–Crippen LogP) is 5.38. The molecule has 33 heavy (non-hydrogen) atoms. The van der Waals surface area contributed by atoms with Crippen LogP contribution in [0.2, 0.25) is 0 Å². The molecule has 0 unspecified atom stereocenters. The van der Waals surface area contributed by atoms with Crippen LogP contribution >= 0.6 is 34.4 Å². The Morgan fingerprint density at radius 3 is 2.88 bits per heavy atom. The number of rotatable bonds is 5. The Hall–Kier alpha value is -2.82. The monoisotopic (exact) mass is 492 g/mol. The van der Waals surface area contributed by atoms with Crippen molar-refractivity contribution in [2.45, 2.75) is 37.8 Å². The quantitative estimate of drug-likeness (QED) is 0.332. The highest BCUT2D eigenvalue weighted by Gasteiger charge is 2.23. The molecule has 1 amide bonds. The Balaban J connectivity index is 1.21. The van der Waals surface area contributed by atoms with Gasteiger partial charge in [0.1, 0.15) is 10.7 Å². The number of thioether (sulfide) groups is 1. The number of hydrogen-bond acceptors (Lipinski definition) is 8. The summed E-state index contributed by atoms with van der Waals surface area (Å²) in [7, 11) is 0. The van der Waals surface area contributed by atoms with Gasteiger partial charge in [0, 0.05) is 15.8 Å². The number of thiophene rings is 1. The molecule has 1 aliphatic rings. The number of carbonyl (C=O) groups is 1. The lowest BCUT2D eigenvalue weighted by Gasteiger charge is -2.10. The zero-order valence-corrected chi connectivity index (χ0v) is 20.3. The highest BCUT2D eigenvalue weighted by atomic mass is 32.2. The number of fused-ring (bicyclic) bond motifs is 5. The molecule has 0 atom stereocenters. The standard InChI is InChI=1S/C23H20N6OS3/c1-13-24-21-19(15-9-5-6-10-17(15)33-21)20-27-28-23(29(13)20)32-12-18(30)26-22-25-16(11-31-22)14-7-3-2-4-8-14/h2-4,7-8,11H,5-6,9-10,12H2,1H3,(H,25,26,30). The maximum absolute atomic E-state index is 12.6. The summed E-state index contributed by atoms with van der Waals surface area (Å²) in [5, 5.41) is 16.2. The van der Waals surface area contributed by atoms with Crippen molar-refractivity contribution in [3.63, 3.8) is 0 Å². The highest BCUT2D eigenvalue weighted by Crippen LogP contribution is 2.38. The fourth-order valence-corrected chi connectivity index (χ4v) is 7.05. The van der Waals surface area contributed by atoms with Crippen LogP contribution in [0.25, 0.3) is 27.1 Å². The number of aryl methyl sites for hydroxylation is 3. The van der Waals surface area contributed by atoms with E-state index in [9.17, 15) is 4.79 Å². The van der Waals surface area contributed by atoms with Crippen LogP contribution in [0, 0.1) is 6.92 Å². The first-order valence-corrected chi connectivity index (χ1v) is 13.4. The lowest BCUT2D eigenvalue weighted by atomic mass is 9.97. The third kappa shape index (κ3) is 3.81. The Morgan fingerprint density at radius 1 is 1.15 bits per heavy atom. The Labute approximate surface area is 202 Å². The zero-order valence-electron chi connectivity index (χ0n) is 17.9. The van der Waals surface area contributed by atoms with Crippen molar-refractivity contribution >= 4 is 61.3 Å². The maximum Gasteiger partial charge on any atom is 0.236 e. The summed E-state index contributed by atoms with van der Waals surface area (Å²) in [6.45, 7) is 1.97. The van der Waals surface area contributed by atoms with Gasteiger partial charge in [0.25, 0.3) is 0 Å². The Kier molecular flexibility index (Phi) is 5.35. The van der Waals surface area contributed by atoms with Crippen LogP contribution in [0.5, 0.6) is 0 Å². The van der Waals surface area contributed by atoms with Gasteiger partial charge in [-0.3, -0.25) is 9.20 Å². The summed E-state index contributed by atoms with van der Waals surface area (Å²) >= 11 is 4.58. The minimum Gasteiger partial charge on any atom is -0.301 e. The molecule has 0 spiro atoms. The van der Waals surface area contributed by atoms with E-state index in [1.165, 1.54) is 46.4 Å². The molecule has 4 aromatic heterocycles. The van der Waals surface area contributed by atoms with E-state index in [4.69, 9.17) is 4.98 Å². The molecular formula is C23H20N6OS3. The molecule has 0 saturated carbocycles. The molecule has 7 nitrogen and oxygen atoms in total. The predicted molar refractivity (Wildman–Crippen MR) is 134 cm³/mol. The summed E-state index contributed by atoms with van der Waals surface area (Å²) in [4.78, 5) is 24.5. The lowest BCUT2D eigenvalue weighted by molar-refractivity contribution is -0.113. The topological polar surface area (TPSA) is 85.1 Å². The molecule has 0 bridgehead atoms.